The highest BCUT2D eigenvalue weighted by atomic mass is 31.2. The number of hydrogen-bond acceptors (Lipinski definition) is 5. The highest BCUT2D eigenvalue weighted by Gasteiger charge is 2.50. The number of nitrogens with one attached hydrogen (secondary N) is 1. The highest BCUT2D eigenvalue weighted by Crippen LogP contribution is 2.50. The molecule has 0 unspecified atom stereocenters. The van der Waals surface area contributed by atoms with Gasteiger partial charge in [-0.3, -0.25) is 4.90 Å². The van der Waals surface area contributed by atoms with Crippen LogP contribution in [-0.4, -0.2) is 66.3 Å². The fourth-order valence-electron chi connectivity index (χ4n) is 3.34. The van der Waals surface area contributed by atoms with Crippen LogP contribution < -0.4 is 5.32 Å². The van der Waals surface area contributed by atoms with Gasteiger partial charge in [-0.2, -0.15) is 0 Å². The van der Waals surface area contributed by atoms with Gasteiger partial charge in [0.15, 0.2) is 12.4 Å². The smallest absolute Gasteiger partial charge is 0.328 e. The van der Waals surface area contributed by atoms with Crippen molar-refractivity contribution in [2.75, 3.05) is 19.4 Å². The number of nitrogens with zero attached hydrogens (tertiary/aromatic N) is 1. The number of aliphatic hydroxyl groups excluding tert-OH is 1. The van der Waals surface area contributed by atoms with Crippen molar-refractivity contribution in [1.29, 1.82) is 0 Å². The minimum Gasteiger partial charge on any atom is -0.387 e. The number of halogens is 1. The topological polar surface area (TPSA) is 80.3 Å². The Hall–Kier alpha value is -1.18. The maximum Gasteiger partial charge on any atom is 0.328 e. The van der Waals surface area contributed by atoms with E-state index in [0.29, 0.717) is 30.6 Å². The number of ether oxygens (including phenoxy) is 1. The number of carbonyl (C=O) groups is 1. The predicted molar refractivity (Wildman–Crippen MR) is 104 cm³/mol. The minimum atomic E-state index is -2.39. The maximum atomic E-state index is 14.8. The first-order valence-electron chi connectivity index (χ1n) is 9.09. The van der Waals surface area contributed by atoms with Crippen LogP contribution in [0.1, 0.15) is 27.7 Å². The molecule has 27 heavy (non-hydrogen) atoms. The van der Waals surface area contributed by atoms with Gasteiger partial charge in [-0.1, -0.05) is 19.8 Å². The van der Waals surface area contributed by atoms with E-state index in [0.717, 1.165) is 4.90 Å². The van der Waals surface area contributed by atoms with E-state index in [4.69, 9.17) is 13.8 Å². The molecule has 2 amide bonds. The van der Waals surface area contributed by atoms with Gasteiger partial charge < -0.3 is 24.2 Å². The molecule has 2 N–H and O–H groups in total. The van der Waals surface area contributed by atoms with Crippen LogP contribution in [0.5, 0.6) is 0 Å². The summed E-state index contributed by atoms with van der Waals surface area (Å²) in [6.07, 6.45) is 0.849. The first kappa shape index (κ1) is 22.1. The van der Waals surface area contributed by atoms with E-state index in [1.807, 2.05) is 20.8 Å². The Morgan fingerprint density at radius 1 is 1.44 bits per heavy atom. The average molecular weight is 404 g/mol. The zero-order valence-electron chi connectivity index (χ0n) is 16.4. The lowest BCUT2D eigenvalue weighted by Gasteiger charge is -2.32. The molecular formula is C18H30FN2O5P. The monoisotopic (exact) mass is 404 g/mol. The molecule has 5 atom stereocenters. The second-order valence-electron chi connectivity index (χ2n) is 6.86. The van der Waals surface area contributed by atoms with Crippen molar-refractivity contribution >= 4 is 19.7 Å². The van der Waals surface area contributed by atoms with Gasteiger partial charge >= 0.3 is 6.03 Å². The Labute approximate surface area is 160 Å². The van der Waals surface area contributed by atoms with Gasteiger partial charge in [-0.25, -0.2) is 9.18 Å². The largest absolute Gasteiger partial charge is 0.387 e. The van der Waals surface area contributed by atoms with E-state index >= 15 is 0 Å². The summed E-state index contributed by atoms with van der Waals surface area (Å²) in [7, 11) is -2.39. The fraction of sp³-hybridized carbons (Fsp3) is 0.667. The summed E-state index contributed by atoms with van der Waals surface area (Å²) in [5.41, 5.74) is 1.14. The SMILES string of the molecule is C=C1NC(=O)N([C@@H]2O[C@H]([C@@H](C)CP(=C)(OCC)OCC)[C@@H](O)[C@H]2F)C=C1C. The molecule has 0 radical (unpaired) electrons. The number of hydrogen-bond donors (Lipinski definition) is 2. The lowest BCUT2D eigenvalue weighted by molar-refractivity contribution is -0.0566. The third-order valence-electron chi connectivity index (χ3n) is 4.66. The van der Waals surface area contributed by atoms with Crippen molar-refractivity contribution in [1.82, 2.24) is 10.2 Å². The van der Waals surface area contributed by atoms with Gasteiger partial charge in [0, 0.05) is 18.1 Å². The molecule has 0 aromatic carbocycles. The number of alkyl halides is 1. The van der Waals surface area contributed by atoms with Crippen molar-refractivity contribution in [2.45, 2.75) is 52.3 Å². The highest BCUT2D eigenvalue weighted by molar-refractivity contribution is 7.64. The number of rotatable bonds is 8. The van der Waals surface area contributed by atoms with Crippen LogP contribution in [-0.2, 0) is 13.8 Å². The minimum absolute atomic E-state index is 0.278. The first-order chi connectivity index (χ1) is 12.6. The molecule has 9 heteroatoms. The molecule has 0 aromatic heterocycles. The van der Waals surface area contributed by atoms with Crippen molar-refractivity contribution in [3.05, 3.63) is 24.0 Å². The Morgan fingerprint density at radius 2 is 2.04 bits per heavy atom. The van der Waals surface area contributed by atoms with Gasteiger partial charge in [-0.05, 0) is 32.3 Å². The standard InChI is InChI=1S/C18H30FN2O5P/c1-7-24-27(6,25-8-2)10-12(4)16-15(22)14(19)17(26-16)21-9-11(3)13(5)20-18(21)23/h9,12,14-17,22H,5-8,10H2,1-4H3,(H,20,23)/t12-,14+,15-,16+,17+/m0/s1. The van der Waals surface area contributed by atoms with Crippen molar-refractivity contribution < 1.29 is 28.1 Å². The zero-order valence-corrected chi connectivity index (χ0v) is 17.2. The van der Waals surface area contributed by atoms with Crippen LogP contribution in [0.4, 0.5) is 9.18 Å². The number of urea groups is 1. The van der Waals surface area contributed by atoms with Gasteiger partial charge in [0.05, 0.1) is 19.3 Å². The van der Waals surface area contributed by atoms with Gasteiger partial charge in [0.2, 0.25) is 0 Å². The first-order valence-corrected chi connectivity index (χ1v) is 11.1. The van der Waals surface area contributed by atoms with Crippen molar-refractivity contribution in [2.24, 2.45) is 5.92 Å². The number of carbonyl (C=O) groups excluding carboxylic acids is 1. The van der Waals surface area contributed by atoms with E-state index in [-0.39, 0.29) is 5.92 Å². The van der Waals surface area contributed by atoms with E-state index < -0.39 is 38.0 Å². The summed E-state index contributed by atoms with van der Waals surface area (Å²) >= 11 is 0. The van der Waals surface area contributed by atoms with Crippen LogP contribution in [0.25, 0.3) is 0 Å². The maximum absolute atomic E-state index is 14.8. The summed E-state index contributed by atoms with van der Waals surface area (Å²) in [4.78, 5) is 13.3. The number of allylic oxidation sites excluding steroid dienone is 1. The fourth-order valence-corrected chi connectivity index (χ4v) is 5.65. The predicted octanol–water partition coefficient (Wildman–Crippen LogP) is 2.84. The van der Waals surface area contributed by atoms with E-state index in [1.54, 1.807) is 6.92 Å². The van der Waals surface area contributed by atoms with Gasteiger partial charge in [0.1, 0.15) is 13.4 Å². The van der Waals surface area contributed by atoms with E-state index in [2.05, 4.69) is 18.2 Å². The molecule has 2 heterocycles. The number of aliphatic hydroxyl groups is 1. The van der Waals surface area contributed by atoms with Gasteiger partial charge in [-0.15, -0.1) is 0 Å². The van der Waals surface area contributed by atoms with Crippen LogP contribution in [0, 0.1) is 5.92 Å². The van der Waals surface area contributed by atoms with E-state index in [1.165, 1.54) is 6.20 Å². The summed E-state index contributed by atoms with van der Waals surface area (Å²) < 4.78 is 32.0. The van der Waals surface area contributed by atoms with Crippen molar-refractivity contribution in [3.8, 4) is 0 Å². The molecule has 0 spiro atoms. The normalized spacial score (nSPS) is 30.3. The summed E-state index contributed by atoms with van der Waals surface area (Å²) in [6.45, 7) is 11.9. The summed E-state index contributed by atoms with van der Waals surface area (Å²) in [5, 5.41) is 13.0. The van der Waals surface area contributed by atoms with Crippen LogP contribution in [0.2, 0.25) is 0 Å². The van der Waals surface area contributed by atoms with E-state index in [9.17, 15) is 14.3 Å². The molecule has 2 aliphatic rings. The molecule has 0 bridgehead atoms. The lowest BCUT2D eigenvalue weighted by atomic mass is 10.0. The summed E-state index contributed by atoms with van der Waals surface area (Å²) in [5.74, 6) is -0.278. The quantitative estimate of drug-likeness (QED) is 0.608. The molecule has 2 aliphatic heterocycles. The second kappa shape index (κ2) is 8.88. The Morgan fingerprint density at radius 3 is 2.59 bits per heavy atom. The van der Waals surface area contributed by atoms with Crippen molar-refractivity contribution in [3.63, 3.8) is 0 Å². The Kier molecular flexibility index (Phi) is 7.27. The summed E-state index contributed by atoms with van der Waals surface area (Å²) in [6, 6.07) is -0.540. The lowest BCUT2D eigenvalue weighted by Crippen LogP contribution is -2.49. The third kappa shape index (κ3) is 4.81. The molecule has 0 aromatic rings. The Balaban J connectivity index is 2.15. The number of amides is 2. The van der Waals surface area contributed by atoms with Crippen LogP contribution in [0.15, 0.2) is 24.0 Å². The third-order valence-corrected chi connectivity index (χ3v) is 7.25. The van der Waals surface area contributed by atoms with Gasteiger partial charge in [0.25, 0.3) is 0 Å². The second-order valence-corrected chi connectivity index (χ2v) is 9.37. The molecule has 0 aliphatic carbocycles. The molecule has 0 saturated carbocycles. The zero-order chi connectivity index (χ0) is 20.4. The Bertz CT molecular complexity index is 646. The average Bonchev–Trinajstić information content (AvgIpc) is 2.87. The van der Waals surface area contributed by atoms with Crippen LogP contribution in [0.3, 0.4) is 0 Å². The molecule has 2 rings (SSSR count). The molecule has 7 nitrogen and oxygen atoms in total. The molecule has 154 valence electrons. The molecule has 1 fully saturated rings. The molecular weight excluding hydrogens is 374 g/mol. The van der Waals surface area contributed by atoms with Crippen LogP contribution >= 0.6 is 7.34 Å². The molecule has 1 saturated heterocycles.